The summed E-state index contributed by atoms with van der Waals surface area (Å²) < 4.78 is 36.3. The van der Waals surface area contributed by atoms with Crippen LogP contribution in [0.25, 0.3) is 0 Å². The summed E-state index contributed by atoms with van der Waals surface area (Å²) in [7, 11) is 0. The number of para-hydroxylation sites is 1. The number of aliphatic hydroxyl groups is 1. The second kappa shape index (κ2) is 6.74. The average molecular weight is 371 g/mol. The maximum absolute atomic E-state index is 13.5. The summed E-state index contributed by atoms with van der Waals surface area (Å²) in [5.41, 5.74) is 6.20. The molecule has 1 unspecified atom stereocenters. The first-order valence-corrected chi connectivity index (χ1v) is 8.59. The molecule has 0 saturated carbocycles. The van der Waals surface area contributed by atoms with Crippen LogP contribution in [0.3, 0.4) is 0 Å². The Morgan fingerprint density at radius 3 is 2.72 bits per heavy atom. The number of benzene rings is 1. The first kappa shape index (κ1) is 17.8. The van der Waals surface area contributed by atoms with Crippen molar-refractivity contribution >= 4 is 16.5 Å². The molecule has 0 aliphatic carbocycles. The van der Waals surface area contributed by atoms with Crippen LogP contribution in [0.2, 0.25) is 0 Å². The molecule has 136 valence electrons. The number of hydrogen-bond donors (Lipinski definition) is 3. The molecule has 0 bridgehead atoms. The minimum Gasteiger partial charge on any atom is -0.395 e. The van der Waals surface area contributed by atoms with Gasteiger partial charge in [-0.1, -0.05) is 26.0 Å². The van der Waals surface area contributed by atoms with Crippen molar-refractivity contribution in [2.24, 2.45) is 5.92 Å². The number of halogens is 2. The van der Waals surface area contributed by atoms with Crippen molar-refractivity contribution in [1.82, 2.24) is 10.3 Å². The van der Waals surface area contributed by atoms with Crippen LogP contribution in [-0.4, -0.2) is 29.0 Å². The predicted molar refractivity (Wildman–Crippen MR) is 89.9 cm³/mol. The molecule has 1 aromatic heterocycles. The van der Waals surface area contributed by atoms with E-state index in [1.54, 1.807) is 18.3 Å². The molecular weight excluding hydrogens is 352 g/mol. The number of thiazole rings is 1. The third kappa shape index (κ3) is 3.68. The number of hydrogen-bond acceptors (Lipinski definition) is 7. The minimum atomic E-state index is -3.70. The Kier molecular flexibility index (Phi) is 4.81. The third-order valence-corrected chi connectivity index (χ3v) is 4.87. The van der Waals surface area contributed by atoms with Gasteiger partial charge in [-0.15, -0.1) is 20.1 Å². The van der Waals surface area contributed by atoms with Gasteiger partial charge < -0.3 is 25.6 Å². The summed E-state index contributed by atoms with van der Waals surface area (Å²) in [6, 6.07) is 3.92. The first-order valence-electron chi connectivity index (χ1n) is 7.77. The smallest absolute Gasteiger partial charge is 0.395 e. The van der Waals surface area contributed by atoms with E-state index in [1.807, 2.05) is 13.8 Å². The highest BCUT2D eigenvalue weighted by atomic mass is 32.1. The van der Waals surface area contributed by atoms with Crippen molar-refractivity contribution in [2.75, 3.05) is 12.3 Å². The number of alkyl halides is 2. The van der Waals surface area contributed by atoms with Crippen molar-refractivity contribution in [3.63, 3.8) is 0 Å². The minimum absolute atomic E-state index is 0.0302. The lowest BCUT2D eigenvalue weighted by Gasteiger charge is -2.27. The zero-order valence-corrected chi connectivity index (χ0v) is 14.5. The summed E-state index contributed by atoms with van der Waals surface area (Å²) in [6.45, 7) is 3.80. The molecule has 2 heterocycles. The molecule has 25 heavy (non-hydrogen) atoms. The van der Waals surface area contributed by atoms with Gasteiger partial charge in [-0.2, -0.15) is 0 Å². The molecular formula is C16H19F2N3O3S. The lowest BCUT2D eigenvalue weighted by Crippen LogP contribution is -2.40. The molecule has 6 nitrogen and oxygen atoms in total. The number of ether oxygens (including phenoxy) is 2. The van der Waals surface area contributed by atoms with Gasteiger partial charge in [0, 0.05) is 22.7 Å². The molecule has 0 radical (unpaired) electrons. The zero-order chi connectivity index (χ0) is 18.2. The second-order valence-corrected chi connectivity index (χ2v) is 7.17. The van der Waals surface area contributed by atoms with E-state index < -0.39 is 12.3 Å². The largest absolute Gasteiger partial charge is 0.586 e. The number of aromatic nitrogens is 1. The number of nitrogens with one attached hydrogen (secondary N) is 1. The number of nitrogen functional groups attached to an aromatic ring is 1. The lowest BCUT2D eigenvalue weighted by molar-refractivity contribution is -0.287. The van der Waals surface area contributed by atoms with Crippen molar-refractivity contribution in [1.29, 1.82) is 0 Å². The molecule has 1 aromatic carbocycles. The van der Waals surface area contributed by atoms with Gasteiger partial charge in [0.05, 0.1) is 12.6 Å². The van der Waals surface area contributed by atoms with Gasteiger partial charge in [0.15, 0.2) is 16.6 Å². The van der Waals surface area contributed by atoms with Crippen molar-refractivity contribution in [3.05, 3.63) is 34.8 Å². The van der Waals surface area contributed by atoms with E-state index in [1.165, 1.54) is 17.4 Å². The van der Waals surface area contributed by atoms with Crippen molar-refractivity contribution in [3.8, 4) is 11.5 Å². The molecule has 0 spiro atoms. The van der Waals surface area contributed by atoms with E-state index in [0.29, 0.717) is 10.7 Å². The molecule has 0 saturated heterocycles. The van der Waals surface area contributed by atoms with E-state index in [-0.39, 0.29) is 30.1 Å². The monoisotopic (exact) mass is 371 g/mol. The maximum Gasteiger partial charge on any atom is 0.586 e. The Bertz CT molecular complexity index is 754. The molecule has 1 aliphatic heterocycles. The summed E-state index contributed by atoms with van der Waals surface area (Å²) in [4.78, 5) is 4.76. The van der Waals surface area contributed by atoms with E-state index in [0.717, 1.165) is 4.88 Å². The molecule has 1 aliphatic rings. The van der Waals surface area contributed by atoms with Crippen LogP contribution in [0.15, 0.2) is 24.4 Å². The summed E-state index contributed by atoms with van der Waals surface area (Å²) >= 11 is 1.24. The Morgan fingerprint density at radius 2 is 2.12 bits per heavy atom. The summed E-state index contributed by atoms with van der Waals surface area (Å²) in [5.74, 6) is 0.0578. The standard InChI is InChI=1S/C16H19F2N3O3S/c1-8(2)10(7-22)21-13(12-6-20-15(19)25-12)9-4-3-5-11-14(9)24-16(17,18)23-11/h3-6,8,10,13,21-22H,7H2,1-2H3,(H2,19,20)/t10-,13?/m0/s1. The number of nitrogens with two attached hydrogens (primary N) is 1. The van der Waals surface area contributed by atoms with Gasteiger partial charge in [-0.25, -0.2) is 4.98 Å². The number of fused-ring (bicyclic) bond motifs is 1. The zero-order valence-electron chi connectivity index (χ0n) is 13.7. The summed E-state index contributed by atoms with van der Waals surface area (Å²) in [6.07, 6.45) is -2.12. The van der Waals surface area contributed by atoms with Crippen LogP contribution in [0.4, 0.5) is 13.9 Å². The Hall–Kier alpha value is -1.97. The molecule has 0 amide bonds. The fourth-order valence-electron chi connectivity index (χ4n) is 2.65. The Labute approximate surface area is 147 Å². The van der Waals surface area contributed by atoms with Gasteiger partial charge in [0.25, 0.3) is 0 Å². The quantitative estimate of drug-likeness (QED) is 0.724. The second-order valence-electron chi connectivity index (χ2n) is 6.08. The molecule has 9 heteroatoms. The van der Waals surface area contributed by atoms with E-state index in [2.05, 4.69) is 15.0 Å². The van der Waals surface area contributed by atoms with Crippen molar-refractivity contribution < 1.29 is 23.4 Å². The number of nitrogens with zero attached hydrogens (tertiary/aromatic N) is 1. The van der Waals surface area contributed by atoms with Crippen LogP contribution in [-0.2, 0) is 0 Å². The molecule has 2 atom stereocenters. The lowest BCUT2D eigenvalue weighted by atomic mass is 9.99. The molecule has 0 fully saturated rings. The van der Waals surface area contributed by atoms with E-state index in [9.17, 15) is 13.9 Å². The van der Waals surface area contributed by atoms with Gasteiger partial charge in [0.2, 0.25) is 0 Å². The number of rotatable bonds is 6. The first-order chi connectivity index (χ1) is 11.8. The summed E-state index contributed by atoms with van der Waals surface area (Å²) in [5, 5.41) is 13.3. The number of anilines is 1. The highest BCUT2D eigenvalue weighted by Crippen LogP contribution is 2.47. The van der Waals surface area contributed by atoms with Gasteiger partial charge in [0.1, 0.15) is 0 Å². The van der Waals surface area contributed by atoms with Crippen LogP contribution in [0.1, 0.15) is 30.3 Å². The van der Waals surface area contributed by atoms with Crippen LogP contribution < -0.4 is 20.5 Å². The van der Waals surface area contributed by atoms with Gasteiger partial charge >= 0.3 is 6.29 Å². The molecule has 3 rings (SSSR count). The Morgan fingerprint density at radius 1 is 1.36 bits per heavy atom. The van der Waals surface area contributed by atoms with Gasteiger partial charge in [-0.05, 0) is 12.0 Å². The van der Waals surface area contributed by atoms with Gasteiger partial charge in [-0.3, -0.25) is 0 Å². The maximum atomic E-state index is 13.5. The third-order valence-electron chi connectivity index (χ3n) is 3.98. The SMILES string of the molecule is CC(C)[C@H](CO)NC(c1cnc(N)s1)c1cccc2c1OC(F)(F)O2. The number of aliphatic hydroxyl groups excluding tert-OH is 1. The van der Waals surface area contributed by atoms with Crippen LogP contribution >= 0.6 is 11.3 Å². The fraction of sp³-hybridized carbons (Fsp3) is 0.438. The normalized spacial score (nSPS) is 17.7. The molecule has 4 N–H and O–H groups in total. The van der Waals surface area contributed by atoms with Crippen LogP contribution in [0.5, 0.6) is 11.5 Å². The topological polar surface area (TPSA) is 89.6 Å². The fourth-order valence-corrected chi connectivity index (χ4v) is 3.41. The molecule has 2 aromatic rings. The van der Waals surface area contributed by atoms with E-state index >= 15 is 0 Å². The average Bonchev–Trinajstić information content (AvgIpc) is 3.09. The highest BCUT2D eigenvalue weighted by molar-refractivity contribution is 7.15. The van der Waals surface area contributed by atoms with Crippen LogP contribution in [0, 0.1) is 5.92 Å². The van der Waals surface area contributed by atoms with E-state index in [4.69, 9.17) is 10.5 Å². The Balaban J connectivity index is 2.03. The van der Waals surface area contributed by atoms with Crippen molar-refractivity contribution in [2.45, 2.75) is 32.2 Å². The highest BCUT2D eigenvalue weighted by Gasteiger charge is 2.45. The predicted octanol–water partition coefficient (Wildman–Crippen LogP) is 2.74.